The minimum Gasteiger partial charge on any atom is -0.507 e. The highest BCUT2D eigenvalue weighted by molar-refractivity contribution is 7.21. The van der Waals surface area contributed by atoms with Gasteiger partial charge in [-0.3, -0.25) is 4.79 Å². The Morgan fingerprint density at radius 3 is 2.66 bits per heavy atom. The van der Waals surface area contributed by atoms with Crippen molar-refractivity contribution in [2.45, 2.75) is 0 Å². The van der Waals surface area contributed by atoms with E-state index < -0.39 is 0 Å². The molecule has 0 saturated heterocycles. The third-order valence-corrected chi connectivity index (χ3v) is 5.38. The molecule has 29 heavy (non-hydrogen) atoms. The van der Waals surface area contributed by atoms with Crippen molar-refractivity contribution in [3.63, 3.8) is 0 Å². The van der Waals surface area contributed by atoms with Crippen LogP contribution in [0.3, 0.4) is 0 Å². The van der Waals surface area contributed by atoms with Crippen molar-refractivity contribution in [2.75, 3.05) is 7.11 Å². The molecule has 0 atom stereocenters. The molecule has 4 rings (SSSR count). The van der Waals surface area contributed by atoms with Gasteiger partial charge < -0.3 is 9.84 Å². The average molecular weight is 403 g/mol. The van der Waals surface area contributed by atoms with Gasteiger partial charge in [-0.1, -0.05) is 24.3 Å². The van der Waals surface area contributed by atoms with Crippen LogP contribution < -0.4 is 10.2 Å². The lowest BCUT2D eigenvalue weighted by molar-refractivity contribution is 0.0955. The second kappa shape index (κ2) is 8.12. The average Bonchev–Trinajstić information content (AvgIpc) is 3.19. The molecular formula is C22H17N3O3S. The lowest BCUT2D eigenvalue weighted by Crippen LogP contribution is -2.17. The normalized spacial score (nSPS) is 11.1. The third kappa shape index (κ3) is 4.09. The molecule has 0 aliphatic rings. The number of para-hydroxylation sites is 1. The number of amides is 1. The quantitative estimate of drug-likeness (QED) is 0.381. The number of thiazole rings is 1. The molecule has 4 aromatic rings. The Morgan fingerprint density at radius 1 is 1.14 bits per heavy atom. The zero-order valence-electron chi connectivity index (χ0n) is 15.5. The molecule has 3 aromatic carbocycles. The molecule has 7 heteroatoms. The van der Waals surface area contributed by atoms with Gasteiger partial charge in [-0.05, 0) is 36.4 Å². The fourth-order valence-electron chi connectivity index (χ4n) is 2.74. The van der Waals surface area contributed by atoms with Gasteiger partial charge in [0.2, 0.25) is 0 Å². The van der Waals surface area contributed by atoms with E-state index in [0.29, 0.717) is 16.9 Å². The molecule has 1 aromatic heterocycles. The van der Waals surface area contributed by atoms with E-state index in [1.165, 1.54) is 19.4 Å². The Kier molecular flexibility index (Phi) is 5.22. The molecule has 0 saturated carbocycles. The third-order valence-electron chi connectivity index (χ3n) is 4.30. The summed E-state index contributed by atoms with van der Waals surface area (Å²) in [7, 11) is 1.52. The van der Waals surface area contributed by atoms with Crippen LogP contribution in [-0.4, -0.2) is 29.3 Å². The number of fused-ring (bicyclic) bond motifs is 1. The van der Waals surface area contributed by atoms with Crippen molar-refractivity contribution in [1.82, 2.24) is 10.4 Å². The van der Waals surface area contributed by atoms with E-state index >= 15 is 0 Å². The van der Waals surface area contributed by atoms with Crippen molar-refractivity contribution in [1.29, 1.82) is 0 Å². The first-order chi connectivity index (χ1) is 14.1. The summed E-state index contributed by atoms with van der Waals surface area (Å²) in [5, 5.41) is 14.7. The van der Waals surface area contributed by atoms with Crippen LogP contribution in [0.5, 0.6) is 11.5 Å². The number of aromatic nitrogens is 1. The van der Waals surface area contributed by atoms with Crippen molar-refractivity contribution in [2.24, 2.45) is 5.10 Å². The molecule has 0 bridgehead atoms. The molecule has 0 spiro atoms. The Labute approximate surface area is 171 Å². The van der Waals surface area contributed by atoms with Crippen molar-refractivity contribution in [3.05, 3.63) is 77.9 Å². The standard InChI is InChI=1S/C22H17N3O3S/c1-28-17-11-10-16(19(26)12-17)13-23-25-21(27)14-6-8-15(9-7-14)22-24-18-4-2-3-5-20(18)29-22/h2-13,26H,1H3,(H,25,27)/b23-13+. The highest BCUT2D eigenvalue weighted by atomic mass is 32.1. The molecule has 144 valence electrons. The Morgan fingerprint density at radius 2 is 1.93 bits per heavy atom. The van der Waals surface area contributed by atoms with Crippen molar-refractivity contribution >= 4 is 33.7 Å². The summed E-state index contributed by atoms with van der Waals surface area (Å²) in [6.45, 7) is 0. The first-order valence-electron chi connectivity index (χ1n) is 8.80. The molecule has 0 radical (unpaired) electrons. The molecule has 1 heterocycles. The van der Waals surface area contributed by atoms with E-state index in [1.54, 1.807) is 35.6 Å². The number of hydrazone groups is 1. The van der Waals surface area contributed by atoms with Gasteiger partial charge in [-0.15, -0.1) is 11.3 Å². The predicted molar refractivity (Wildman–Crippen MR) is 115 cm³/mol. The highest BCUT2D eigenvalue weighted by Crippen LogP contribution is 2.30. The zero-order valence-corrected chi connectivity index (χ0v) is 16.3. The van der Waals surface area contributed by atoms with Crippen LogP contribution in [-0.2, 0) is 0 Å². The first kappa shape index (κ1) is 18.6. The van der Waals surface area contributed by atoms with Gasteiger partial charge in [0.25, 0.3) is 5.91 Å². The second-order valence-corrected chi connectivity index (χ2v) is 7.22. The number of phenols is 1. The molecule has 0 unspecified atom stereocenters. The molecule has 2 N–H and O–H groups in total. The summed E-state index contributed by atoms with van der Waals surface area (Å²) >= 11 is 1.61. The largest absolute Gasteiger partial charge is 0.507 e. The first-order valence-corrected chi connectivity index (χ1v) is 9.62. The van der Waals surface area contributed by atoms with Crippen molar-refractivity contribution < 1.29 is 14.6 Å². The smallest absolute Gasteiger partial charge is 0.271 e. The number of methoxy groups -OCH3 is 1. The van der Waals surface area contributed by atoms with Gasteiger partial charge in [0.05, 0.1) is 23.5 Å². The molecule has 0 aliphatic heterocycles. The Hall–Kier alpha value is -3.71. The number of ether oxygens (including phenoxy) is 1. The van der Waals surface area contributed by atoms with E-state index in [2.05, 4.69) is 15.5 Å². The van der Waals surface area contributed by atoms with Gasteiger partial charge in [-0.2, -0.15) is 5.10 Å². The van der Waals surface area contributed by atoms with Crippen LogP contribution in [0, 0.1) is 0 Å². The van der Waals surface area contributed by atoms with Gasteiger partial charge >= 0.3 is 0 Å². The zero-order chi connectivity index (χ0) is 20.2. The summed E-state index contributed by atoms with van der Waals surface area (Å²) in [5.41, 5.74) is 5.32. The summed E-state index contributed by atoms with van der Waals surface area (Å²) in [6, 6.07) is 20.0. The number of hydrogen-bond donors (Lipinski definition) is 2. The Bertz CT molecular complexity index is 1170. The number of phenolic OH excluding ortho intramolecular Hbond substituents is 1. The van der Waals surface area contributed by atoms with Gasteiger partial charge in [0, 0.05) is 22.8 Å². The van der Waals surface area contributed by atoms with Crippen LogP contribution in [0.1, 0.15) is 15.9 Å². The van der Waals surface area contributed by atoms with E-state index in [4.69, 9.17) is 4.74 Å². The molecular weight excluding hydrogens is 386 g/mol. The van der Waals surface area contributed by atoms with Gasteiger partial charge in [0.15, 0.2) is 0 Å². The van der Waals surface area contributed by atoms with E-state index in [9.17, 15) is 9.90 Å². The number of benzene rings is 3. The maximum absolute atomic E-state index is 12.3. The van der Waals surface area contributed by atoms with Crippen LogP contribution in [0.25, 0.3) is 20.8 Å². The number of nitrogens with one attached hydrogen (secondary N) is 1. The van der Waals surface area contributed by atoms with Crippen LogP contribution in [0.15, 0.2) is 71.8 Å². The number of carbonyl (C=O) groups excluding carboxylic acids is 1. The Balaban J connectivity index is 1.44. The van der Waals surface area contributed by atoms with E-state index in [1.807, 2.05) is 36.4 Å². The second-order valence-electron chi connectivity index (χ2n) is 6.19. The van der Waals surface area contributed by atoms with Crippen LogP contribution >= 0.6 is 11.3 Å². The summed E-state index contributed by atoms with van der Waals surface area (Å²) in [6.07, 6.45) is 1.38. The SMILES string of the molecule is COc1ccc(/C=N/NC(=O)c2ccc(-c3nc4ccccc4s3)cc2)c(O)c1. The summed E-state index contributed by atoms with van der Waals surface area (Å²) < 4.78 is 6.16. The minimum atomic E-state index is -0.342. The molecule has 0 fully saturated rings. The molecule has 6 nitrogen and oxygen atoms in total. The lowest BCUT2D eigenvalue weighted by Gasteiger charge is -2.03. The van der Waals surface area contributed by atoms with Crippen molar-refractivity contribution in [3.8, 4) is 22.1 Å². The molecule has 0 aliphatic carbocycles. The fraction of sp³-hybridized carbons (Fsp3) is 0.0455. The van der Waals surface area contributed by atoms with E-state index in [0.717, 1.165) is 20.8 Å². The minimum absolute atomic E-state index is 0.0162. The van der Waals surface area contributed by atoms with E-state index in [-0.39, 0.29) is 11.7 Å². The maximum Gasteiger partial charge on any atom is 0.271 e. The topological polar surface area (TPSA) is 83.8 Å². The molecule has 1 amide bonds. The van der Waals surface area contributed by atoms with Crippen LogP contribution in [0.4, 0.5) is 0 Å². The lowest BCUT2D eigenvalue weighted by atomic mass is 10.1. The van der Waals surface area contributed by atoms with Gasteiger partial charge in [0.1, 0.15) is 16.5 Å². The predicted octanol–water partition coefficient (Wildman–Crippen LogP) is 4.44. The van der Waals surface area contributed by atoms with Gasteiger partial charge in [-0.25, -0.2) is 10.4 Å². The van der Waals surface area contributed by atoms with Crippen LogP contribution in [0.2, 0.25) is 0 Å². The highest BCUT2D eigenvalue weighted by Gasteiger charge is 2.08. The maximum atomic E-state index is 12.3. The summed E-state index contributed by atoms with van der Waals surface area (Å²) in [5.74, 6) is 0.213. The number of rotatable bonds is 5. The number of hydrogen-bond acceptors (Lipinski definition) is 6. The number of carbonyl (C=O) groups is 1. The fourth-order valence-corrected chi connectivity index (χ4v) is 3.72. The number of nitrogens with zero attached hydrogens (tertiary/aromatic N) is 2. The summed E-state index contributed by atoms with van der Waals surface area (Å²) in [4.78, 5) is 16.9. The number of aromatic hydroxyl groups is 1. The monoisotopic (exact) mass is 403 g/mol.